The standard InChI is InChI=1S/C14H17N3/c15-17-14(13-9-5-2-6-10-13)16-11-12-7-3-1-4-8-12/h1-10,14,16-17H,11,15H2. The minimum absolute atomic E-state index is 0.0311. The first-order valence-corrected chi connectivity index (χ1v) is 5.68. The number of hydrazine groups is 1. The summed E-state index contributed by atoms with van der Waals surface area (Å²) in [5.41, 5.74) is 5.15. The number of benzene rings is 2. The molecular weight excluding hydrogens is 210 g/mol. The number of rotatable bonds is 5. The number of hydrogen-bond acceptors (Lipinski definition) is 3. The lowest BCUT2D eigenvalue weighted by atomic mass is 10.1. The summed E-state index contributed by atoms with van der Waals surface area (Å²) in [6.45, 7) is 0.782. The van der Waals surface area contributed by atoms with Crippen LogP contribution < -0.4 is 16.6 Å². The monoisotopic (exact) mass is 227 g/mol. The number of nitrogens with two attached hydrogens (primary N) is 1. The van der Waals surface area contributed by atoms with Gasteiger partial charge < -0.3 is 0 Å². The fourth-order valence-corrected chi connectivity index (χ4v) is 1.73. The molecule has 0 amide bonds. The maximum atomic E-state index is 5.56. The van der Waals surface area contributed by atoms with E-state index in [1.165, 1.54) is 5.56 Å². The molecule has 0 aliphatic heterocycles. The van der Waals surface area contributed by atoms with Gasteiger partial charge in [0.2, 0.25) is 0 Å². The minimum Gasteiger partial charge on any atom is -0.293 e. The summed E-state index contributed by atoms with van der Waals surface area (Å²) in [5.74, 6) is 5.56. The second kappa shape index (κ2) is 6.15. The van der Waals surface area contributed by atoms with Crippen LogP contribution in [0.3, 0.4) is 0 Å². The van der Waals surface area contributed by atoms with Gasteiger partial charge in [-0.3, -0.25) is 11.2 Å². The first-order valence-electron chi connectivity index (χ1n) is 5.68. The van der Waals surface area contributed by atoms with Crippen molar-refractivity contribution >= 4 is 0 Å². The van der Waals surface area contributed by atoms with Crippen molar-refractivity contribution in [2.24, 2.45) is 5.84 Å². The van der Waals surface area contributed by atoms with E-state index in [1.54, 1.807) is 0 Å². The van der Waals surface area contributed by atoms with E-state index in [-0.39, 0.29) is 6.17 Å². The Kier molecular flexibility index (Phi) is 4.27. The van der Waals surface area contributed by atoms with Crippen molar-refractivity contribution in [3.63, 3.8) is 0 Å². The summed E-state index contributed by atoms with van der Waals surface area (Å²) in [4.78, 5) is 0. The molecule has 0 aliphatic carbocycles. The van der Waals surface area contributed by atoms with E-state index in [2.05, 4.69) is 22.9 Å². The Bertz CT molecular complexity index is 428. The third-order valence-electron chi connectivity index (χ3n) is 2.65. The zero-order valence-electron chi connectivity index (χ0n) is 9.64. The van der Waals surface area contributed by atoms with Crippen molar-refractivity contribution in [2.75, 3.05) is 0 Å². The van der Waals surface area contributed by atoms with Crippen LogP contribution in [-0.4, -0.2) is 0 Å². The molecule has 1 atom stereocenters. The lowest BCUT2D eigenvalue weighted by Crippen LogP contribution is -2.38. The molecule has 4 N–H and O–H groups in total. The highest BCUT2D eigenvalue weighted by Crippen LogP contribution is 2.09. The van der Waals surface area contributed by atoms with Gasteiger partial charge >= 0.3 is 0 Å². The Morgan fingerprint density at radius 1 is 0.882 bits per heavy atom. The normalized spacial score (nSPS) is 12.3. The van der Waals surface area contributed by atoms with Crippen LogP contribution in [0, 0.1) is 0 Å². The average Bonchev–Trinajstić information content (AvgIpc) is 2.42. The minimum atomic E-state index is -0.0311. The van der Waals surface area contributed by atoms with Crippen LogP contribution in [0.25, 0.3) is 0 Å². The summed E-state index contributed by atoms with van der Waals surface area (Å²) in [7, 11) is 0. The molecule has 17 heavy (non-hydrogen) atoms. The van der Waals surface area contributed by atoms with Gasteiger partial charge in [-0.2, -0.15) is 0 Å². The number of nitrogens with one attached hydrogen (secondary N) is 2. The van der Waals surface area contributed by atoms with Crippen LogP contribution in [0.2, 0.25) is 0 Å². The Labute approximate surface area is 102 Å². The van der Waals surface area contributed by atoms with Crippen LogP contribution >= 0.6 is 0 Å². The van der Waals surface area contributed by atoms with Crippen molar-refractivity contribution in [1.82, 2.24) is 10.7 Å². The molecule has 0 radical (unpaired) electrons. The molecule has 2 rings (SSSR count). The third-order valence-corrected chi connectivity index (χ3v) is 2.65. The molecule has 0 fully saturated rings. The molecular formula is C14H17N3. The molecule has 0 spiro atoms. The van der Waals surface area contributed by atoms with E-state index in [0.717, 1.165) is 12.1 Å². The van der Waals surface area contributed by atoms with Gasteiger partial charge in [0, 0.05) is 6.54 Å². The quantitative estimate of drug-likeness (QED) is 0.415. The zero-order chi connectivity index (χ0) is 11.9. The second-order valence-corrected chi connectivity index (χ2v) is 3.88. The Balaban J connectivity index is 1.97. The summed E-state index contributed by atoms with van der Waals surface area (Å²) < 4.78 is 0. The highest BCUT2D eigenvalue weighted by Gasteiger charge is 2.07. The lowest BCUT2D eigenvalue weighted by molar-refractivity contribution is 0.448. The molecule has 3 nitrogen and oxygen atoms in total. The molecule has 88 valence electrons. The van der Waals surface area contributed by atoms with E-state index >= 15 is 0 Å². The van der Waals surface area contributed by atoms with Gasteiger partial charge in [0.15, 0.2) is 0 Å². The SMILES string of the molecule is NNC(NCc1ccccc1)c1ccccc1. The van der Waals surface area contributed by atoms with Gasteiger partial charge in [0.25, 0.3) is 0 Å². The molecule has 0 bridgehead atoms. The Hall–Kier alpha value is -1.68. The van der Waals surface area contributed by atoms with Gasteiger partial charge in [0.1, 0.15) is 0 Å². The third kappa shape index (κ3) is 3.39. The molecule has 3 heteroatoms. The molecule has 0 saturated heterocycles. The maximum Gasteiger partial charge on any atom is 0.0963 e. The van der Waals surface area contributed by atoms with Gasteiger partial charge in [-0.15, -0.1) is 0 Å². The molecule has 0 aromatic heterocycles. The van der Waals surface area contributed by atoms with Crippen molar-refractivity contribution in [3.8, 4) is 0 Å². The van der Waals surface area contributed by atoms with Crippen LogP contribution in [-0.2, 0) is 6.54 Å². The molecule has 0 aliphatic rings. The summed E-state index contributed by atoms with van der Waals surface area (Å²) >= 11 is 0. The van der Waals surface area contributed by atoms with Crippen LogP contribution in [0.1, 0.15) is 17.3 Å². The summed E-state index contributed by atoms with van der Waals surface area (Å²) in [6, 6.07) is 20.3. The van der Waals surface area contributed by atoms with Crippen molar-refractivity contribution in [1.29, 1.82) is 0 Å². The summed E-state index contributed by atoms with van der Waals surface area (Å²) in [6.07, 6.45) is -0.0311. The predicted octanol–water partition coefficient (Wildman–Crippen LogP) is 1.94. The van der Waals surface area contributed by atoms with Crippen LogP contribution in [0.4, 0.5) is 0 Å². The van der Waals surface area contributed by atoms with E-state index in [4.69, 9.17) is 5.84 Å². The van der Waals surface area contributed by atoms with Crippen LogP contribution in [0.15, 0.2) is 60.7 Å². The highest BCUT2D eigenvalue weighted by atomic mass is 15.3. The fraction of sp³-hybridized carbons (Fsp3) is 0.143. The van der Waals surface area contributed by atoms with E-state index in [1.807, 2.05) is 48.5 Å². The maximum absolute atomic E-state index is 5.56. The molecule has 2 aromatic rings. The molecule has 1 unspecified atom stereocenters. The average molecular weight is 227 g/mol. The topological polar surface area (TPSA) is 50.1 Å². The van der Waals surface area contributed by atoms with E-state index in [0.29, 0.717) is 0 Å². The first kappa shape index (κ1) is 11.8. The second-order valence-electron chi connectivity index (χ2n) is 3.88. The van der Waals surface area contributed by atoms with E-state index < -0.39 is 0 Å². The Morgan fingerprint density at radius 3 is 2.06 bits per heavy atom. The highest BCUT2D eigenvalue weighted by molar-refractivity contribution is 5.19. The summed E-state index contributed by atoms with van der Waals surface area (Å²) in [5, 5.41) is 3.37. The lowest BCUT2D eigenvalue weighted by Gasteiger charge is -2.18. The van der Waals surface area contributed by atoms with Crippen molar-refractivity contribution in [3.05, 3.63) is 71.8 Å². The van der Waals surface area contributed by atoms with Crippen molar-refractivity contribution < 1.29 is 0 Å². The van der Waals surface area contributed by atoms with Crippen molar-refractivity contribution in [2.45, 2.75) is 12.7 Å². The Morgan fingerprint density at radius 2 is 1.47 bits per heavy atom. The van der Waals surface area contributed by atoms with E-state index in [9.17, 15) is 0 Å². The van der Waals surface area contributed by atoms with Gasteiger partial charge in [-0.1, -0.05) is 60.7 Å². The predicted molar refractivity (Wildman–Crippen MR) is 69.8 cm³/mol. The molecule has 0 heterocycles. The zero-order valence-corrected chi connectivity index (χ0v) is 9.64. The van der Waals surface area contributed by atoms with Gasteiger partial charge in [-0.25, -0.2) is 5.43 Å². The largest absolute Gasteiger partial charge is 0.293 e. The van der Waals surface area contributed by atoms with Gasteiger partial charge in [0.05, 0.1) is 6.17 Å². The fourth-order valence-electron chi connectivity index (χ4n) is 1.73. The first-order chi connectivity index (χ1) is 8.40. The van der Waals surface area contributed by atoms with Crippen LogP contribution in [0.5, 0.6) is 0 Å². The molecule has 0 saturated carbocycles. The smallest absolute Gasteiger partial charge is 0.0963 e. The van der Waals surface area contributed by atoms with Gasteiger partial charge in [-0.05, 0) is 11.1 Å². The molecule has 2 aromatic carbocycles. The number of hydrogen-bond donors (Lipinski definition) is 3.